The summed E-state index contributed by atoms with van der Waals surface area (Å²) in [6.45, 7) is 10.5. The third kappa shape index (κ3) is 8.18. The number of benzene rings is 2. The number of carbonyl (C=O) groups excluding carboxylic acids is 2. The number of hydrogen-bond acceptors (Lipinski definition) is 3. The van der Waals surface area contributed by atoms with Gasteiger partial charge in [0.05, 0.1) is 5.75 Å². The summed E-state index contributed by atoms with van der Waals surface area (Å²) >= 11 is 7.61. The topological polar surface area (TPSA) is 49.4 Å². The molecule has 0 fully saturated rings. The van der Waals surface area contributed by atoms with E-state index >= 15 is 0 Å². The molecule has 0 saturated heterocycles. The van der Waals surface area contributed by atoms with Crippen molar-refractivity contribution in [2.24, 2.45) is 0 Å². The molecule has 1 N–H and O–H groups in total. The van der Waals surface area contributed by atoms with Crippen LogP contribution in [0, 0.1) is 13.8 Å². The van der Waals surface area contributed by atoms with Crippen LogP contribution in [0.4, 0.5) is 0 Å². The van der Waals surface area contributed by atoms with Crippen molar-refractivity contribution in [2.75, 3.05) is 5.75 Å². The van der Waals surface area contributed by atoms with Crippen molar-refractivity contribution in [3.8, 4) is 0 Å². The summed E-state index contributed by atoms with van der Waals surface area (Å²) in [5.41, 5.74) is 4.62. The molecule has 0 heterocycles. The van der Waals surface area contributed by atoms with Crippen LogP contribution in [0.5, 0.6) is 0 Å². The van der Waals surface area contributed by atoms with Crippen molar-refractivity contribution in [1.29, 1.82) is 0 Å². The van der Waals surface area contributed by atoms with E-state index in [1.807, 2.05) is 45.0 Å². The fraction of sp³-hybridized carbons (Fsp3) is 0.462. The molecule has 2 atom stereocenters. The van der Waals surface area contributed by atoms with Gasteiger partial charge in [-0.3, -0.25) is 9.59 Å². The van der Waals surface area contributed by atoms with E-state index in [0.717, 1.165) is 17.7 Å². The Bertz CT molecular complexity index is 881. The van der Waals surface area contributed by atoms with E-state index in [-0.39, 0.29) is 17.9 Å². The number of halogens is 1. The molecule has 0 aromatic heterocycles. The number of aryl methyl sites for hydroxylation is 2. The van der Waals surface area contributed by atoms with Gasteiger partial charge in [-0.2, -0.15) is 0 Å². The molecular weight excluding hydrogens is 440 g/mol. The molecular formula is C26H35ClN2O2S. The maximum Gasteiger partial charge on any atom is 0.243 e. The molecule has 0 spiro atoms. The van der Waals surface area contributed by atoms with Crippen LogP contribution >= 0.6 is 23.4 Å². The first-order valence-electron chi connectivity index (χ1n) is 11.2. The van der Waals surface area contributed by atoms with E-state index in [1.165, 1.54) is 16.7 Å². The molecule has 6 heteroatoms. The lowest BCUT2D eigenvalue weighted by atomic mass is 10.1. The van der Waals surface area contributed by atoms with E-state index in [4.69, 9.17) is 11.6 Å². The third-order valence-electron chi connectivity index (χ3n) is 5.43. The van der Waals surface area contributed by atoms with Crippen molar-refractivity contribution in [3.63, 3.8) is 0 Å². The lowest BCUT2D eigenvalue weighted by Gasteiger charge is -2.31. The van der Waals surface area contributed by atoms with Crippen LogP contribution in [-0.2, 0) is 21.9 Å². The van der Waals surface area contributed by atoms with Gasteiger partial charge in [-0.25, -0.2) is 0 Å². The molecule has 0 aliphatic carbocycles. The summed E-state index contributed by atoms with van der Waals surface area (Å²) < 4.78 is 0. The van der Waals surface area contributed by atoms with Gasteiger partial charge in [0, 0.05) is 23.4 Å². The molecule has 0 radical (unpaired) electrons. The number of thioether (sulfide) groups is 1. The van der Waals surface area contributed by atoms with Crippen LogP contribution < -0.4 is 5.32 Å². The second-order valence-corrected chi connectivity index (χ2v) is 9.80. The summed E-state index contributed by atoms with van der Waals surface area (Å²) in [6.07, 6.45) is 1.41. The second-order valence-electron chi connectivity index (χ2n) is 8.38. The normalized spacial score (nSPS) is 12.8. The average molecular weight is 475 g/mol. The van der Waals surface area contributed by atoms with E-state index in [0.29, 0.717) is 23.7 Å². The molecule has 2 aromatic rings. The van der Waals surface area contributed by atoms with Crippen molar-refractivity contribution in [2.45, 2.75) is 71.8 Å². The molecule has 32 heavy (non-hydrogen) atoms. The largest absolute Gasteiger partial charge is 0.352 e. The predicted molar refractivity (Wildman–Crippen MR) is 136 cm³/mol. The minimum absolute atomic E-state index is 0.0273. The molecule has 0 aliphatic rings. The first-order chi connectivity index (χ1) is 15.2. The van der Waals surface area contributed by atoms with Gasteiger partial charge < -0.3 is 10.2 Å². The van der Waals surface area contributed by atoms with Crippen molar-refractivity contribution < 1.29 is 9.59 Å². The lowest BCUT2D eigenvalue weighted by Crippen LogP contribution is -2.51. The Balaban J connectivity index is 2.14. The summed E-state index contributed by atoms with van der Waals surface area (Å²) in [5, 5.41) is 3.69. The van der Waals surface area contributed by atoms with Crippen molar-refractivity contribution >= 4 is 35.2 Å². The first-order valence-corrected chi connectivity index (χ1v) is 12.8. The highest BCUT2D eigenvalue weighted by Gasteiger charge is 2.29. The smallest absolute Gasteiger partial charge is 0.243 e. The highest BCUT2D eigenvalue weighted by atomic mass is 35.5. The molecule has 0 bridgehead atoms. The minimum atomic E-state index is -0.506. The van der Waals surface area contributed by atoms with Gasteiger partial charge in [-0.1, -0.05) is 66.9 Å². The summed E-state index contributed by atoms with van der Waals surface area (Å²) in [6, 6.07) is 13.5. The first kappa shape index (κ1) is 26.3. The van der Waals surface area contributed by atoms with E-state index < -0.39 is 6.04 Å². The fourth-order valence-corrected chi connectivity index (χ4v) is 4.61. The number of hydrogen-bond donors (Lipinski definition) is 1. The Morgan fingerprint density at radius 2 is 1.62 bits per heavy atom. The lowest BCUT2D eigenvalue weighted by molar-refractivity contribution is -0.139. The van der Waals surface area contributed by atoms with Gasteiger partial charge >= 0.3 is 0 Å². The van der Waals surface area contributed by atoms with Crippen molar-refractivity contribution in [3.05, 3.63) is 69.7 Å². The highest BCUT2D eigenvalue weighted by molar-refractivity contribution is 7.99. The Hall–Kier alpha value is -1.98. The van der Waals surface area contributed by atoms with Gasteiger partial charge in [-0.05, 0) is 56.9 Å². The van der Waals surface area contributed by atoms with Gasteiger partial charge in [0.1, 0.15) is 6.04 Å². The summed E-state index contributed by atoms with van der Waals surface area (Å²) in [7, 11) is 0. The van der Waals surface area contributed by atoms with Crippen LogP contribution in [-0.4, -0.2) is 34.6 Å². The second kappa shape index (κ2) is 12.9. The Labute approximate surface area is 202 Å². The minimum Gasteiger partial charge on any atom is -0.352 e. The SMILES string of the molecule is CC[C@@H](C)NC(=O)[C@@H](CC)N(Cc1ccc(Cl)cc1)C(=O)CSCc1cc(C)cc(C)c1. The van der Waals surface area contributed by atoms with E-state index in [9.17, 15) is 9.59 Å². The molecule has 0 unspecified atom stereocenters. The number of rotatable bonds is 11. The van der Waals surface area contributed by atoms with Gasteiger partial charge in [0.2, 0.25) is 11.8 Å². The van der Waals surface area contributed by atoms with Gasteiger partial charge in [-0.15, -0.1) is 11.8 Å². The monoisotopic (exact) mass is 474 g/mol. The van der Waals surface area contributed by atoms with E-state index in [2.05, 4.69) is 37.4 Å². The van der Waals surface area contributed by atoms with E-state index in [1.54, 1.807) is 16.7 Å². The Morgan fingerprint density at radius 3 is 2.19 bits per heavy atom. The number of carbonyl (C=O) groups is 2. The molecule has 0 aliphatic heterocycles. The van der Waals surface area contributed by atoms with Crippen LogP contribution in [0.3, 0.4) is 0 Å². The highest BCUT2D eigenvalue weighted by Crippen LogP contribution is 2.20. The fourth-order valence-electron chi connectivity index (χ4n) is 3.64. The summed E-state index contributed by atoms with van der Waals surface area (Å²) in [4.78, 5) is 28.0. The summed E-state index contributed by atoms with van der Waals surface area (Å²) in [5.74, 6) is 0.969. The predicted octanol–water partition coefficient (Wildman–Crippen LogP) is 5.91. The van der Waals surface area contributed by atoms with Gasteiger partial charge in [0.25, 0.3) is 0 Å². The number of nitrogens with zero attached hydrogens (tertiary/aromatic N) is 1. The standard InChI is InChI=1S/C26H35ClN2O2S/c1-6-20(5)28-26(31)24(7-2)29(15-21-8-10-23(27)11-9-21)25(30)17-32-16-22-13-18(3)12-19(4)14-22/h8-14,20,24H,6-7,15-17H2,1-5H3,(H,28,31)/t20-,24-/m1/s1. The maximum absolute atomic E-state index is 13.3. The third-order valence-corrected chi connectivity index (χ3v) is 6.67. The molecule has 2 aromatic carbocycles. The zero-order valence-corrected chi connectivity index (χ0v) is 21.4. The quantitative estimate of drug-likeness (QED) is 0.440. The molecule has 2 rings (SSSR count). The molecule has 2 amide bonds. The van der Waals surface area contributed by atoms with Crippen LogP contribution in [0.1, 0.15) is 55.9 Å². The van der Waals surface area contributed by atoms with Crippen LogP contribution in [0.15, 0.2) is 42.5 Å². The van der Waals surface area contributed by atoms with Crippen LogP contribution in [0.25, 0.3) is 0 Å². The zero-order valence-electron chi connectivity index (χ0n) is 19.8. The van der Waals surface area contributed by atoms with Gasteiger partial charge in [0.15, 0.2) is 0 Å². The van der Waals surface area contributed by atoms with Crippen molar-refractivity contribution in [1.82, 2.24) is 10.2 Å². The molecule has 174 valence electrons. The van der Waals surface area contributed by atoms with Crippen LogP contribution in [0.2, 0.25) is 5.02 Å². The maximum atomic E-state index is 13.3. The molecule has 0 saturated carbocycles. The zero-order chi connectivity index (χ0) is 23.7. The molecule has 4 nitrogen and oxygen atoms in total. The average Bonchev–Trinajstić information content (AvgIpc) is 2.74. The number of amides is 2. The Morgan fingerprint density at radius 1 is 1.00 bits per heavy atom. The number of nitrogens with one attached hydrogen (secondary N) is 1. The Kier molecular flexibility index (Phi) is 10.6.